The first-order valence-corrected chi connectivity index (χ1v) is 6.83. The molecule has 16 heavy (non-hydrogen) atoms. The number of benzene rings is 1. The van der Waals surface area contributed by atoms with Crippen molar-refractivity contribution >= 4 is 27.3 Å². The SMILES string of the molecule is Cc1cccc(C(N)c2ccsc2C)c1Br. The van der Waals surface area contributed by atoms with Crippen LogP contribution in [0.4, 0.5) is 0 Å². The van der Waals surface area contributed by atoms with Gasteiger partial charge in [-0.15, -0.1) is 11.3 Å². The summed E-state index contributed by atoms with van der Waals surface area (Å²) in [5.74, 6) is 0. The Bertz CT molecular complexity index is 504. The molecule has 0 amide bonds. The van der Waals surface area contributed by atoms with E-state index in [0.717, 1.165) is 10.0 Å². The van der Waals surface area contributed by atoms with Gasteiger partial charge >= 0.3 is 0 Å². The lowest BCUT2D eigenvalue weighted by Crippen LogP contribution is -2.12. The summed E-state index contributed by atoms with van der Waals surface area (Å²) in [5.41, 5.74) is 9.90. The minimum absolute atomic E-state index is 0.0412. The van der Waals surface area contributed by atoms with Crippen molar-refractivity contribution in [2.45, 2.75) is 19.9 Å². The normalized spacial score (nSPS) is 12.8. The standard InChI is InChI=1S/C13H14BrNS/c1-8-4-3-5-11(12(8)14)13(15)10-6-7-16-9(10)2/h3-7,13H,15H2,1-2H3. The molecule has 0 bridgehead atoms. The van der Waals surface area contributed by atoms with E-state index in [2.05, 4.69) is 59.4 Å². The third kappa shape index (κ3) is 2.08. The lowest BCUT2D eigenvalue weighted by Gasteiger charge is -2.15. The smallest absolute Gasteiger partial charge is 0.0573 e. The van der Waals surface area contributed by atoms with Gasteiger partial charge in [-0.2, -0.15) is 0 Å². The maximum atomic E-state index is 6.31. The van der Waals surface area contributed by atoms with Gasteiger partial charge < -0.3 is 5.73 Å². The summed E-state index contributed by atoms with van der Waals surface area (Å²) in [6.07, 6.45) is 0. The Kier molecular flexibility index (Phi) is 3.47. The third-order valence-corrected chi connectivity index (χ3v) is 4.74. The second kappa shape index (κ2) is 4.70. The number of hydrogen-bond acceptors (Lipinski definition) is 2. The van der Waals surface area contributed by atoms with Crippen molar-refractivity contribution in [1.29, 1.82) is 0 Å². The van der Waals surface area contributed by atoms with Crippen molar-refractivity contribution in [1.82, 2.24) is 0 Å². The first kappa shape index (κ1) is 11.8. The van der Waals surface area contributed by atoms with Gasteiger partial charge in [0.2, 0.25) is 0 Å². The Hall–Kier alpha value is -0.640. The average molecular weight is 296 g/mol. The van der Waals surface area contributed by atoms with Crippen molar-refractivity contribution in [3.8, 4) is 0 Å². The van der Waals surface area contributed by atoms with Crippen molar-refractivity contribution in [2.24, 2.45) is 5.73 Å². The van der Waals surface area contributed by atoms with Gasteiger partial charge in [0.15, 0.2) is 0 Å². The lowest BCUT2D eigenvalue weighted by atomic mass is 9.99. The van der Waals surface area contributed by atoms with Crippen LogP contribution in [0.2, 0.25) is 0 Å². The number of aryl methyl sites for hydroxylation is 2. The zero-order chi connectivity index (χ0) is 11.7. The maximum Gasteiger partial charge on any atom is 0.0573 e. The maximum absolute atomic E-state index is 6.31. The molecular weight excluding hydrogens is 282 g/mol. The highest BCUT2D eigenvalue weighted by molar-refractivity contribution is 9.10. The Morgan fingerprint density at radius 2 is 1.94 bits per heavy atom. The van der Waals surface area contributed by atoms with Gasteiger partial charge in [0.25, 0.3) is 0 Å². The Labute approximate surface area is 108 Å². The van der Waals surface area contributed by atoms with Crippen LogP contribution < -0.4 is 5.73 Å². The molecule has 84 valence electrons. The average Bonchev–Trinajstić information content (AvgIpc) is 2.68. The molecule has 2 rings (SSSR count). The highest BCUT2D eigenvalue weighted by atomic mass is 79.9. The van der Waals surface area contributed by atoms with E-state index in [1.165, 1.54) is 16.0 Å². The van der Waals surface area contributed by atoms with E-state index in [4.69, 9.17) is 5.73 Å². The number of hydrogen-bond donors (Lipinski definition) is 1. The highest BCUT2D eigenvalue weighted by Crippen LogP contribution is 2.32. The third-order valence-electron chi connectivity index (χ3n) is 2.79. The largest absolute Gasteiger partial charge is 0.320 e. The monoisotopic (exact) mass is 295 g/mol. The summed E-state index contributed by atoms with van der Waals surface area (Å²) in [6.45, 7) is 4.20. The van der Waals surface area contributed by atoms with Gasteiger partial charge in [-0.1, -0.05) is 34.1 Å². The molecule has 3 heteroatoms. The number of thiophene rings is 1. The molecule has 1 aromatic carbocycles. The van der Waals surface area contributed by atoms with Crippen LogP contribution in [0.5, 0.6) is 0 Å². The molecule has 0 aliphatic rings. The van der Waals surface area contributed by atoms with Crippen molar-refractivity contribution in [3.05, 3.63) is 55.7 Å². The molecule has 2 N–H and O–H groups in total. The molecule has 0 saturated carbocycles. The zero-order valence-electron chi connectivity index (χ0n) is 9.33. The quantitative estimate of drug-likeness (QED) is 0.884. The lowest BCUT2D eigenvalue weighted by molar-refractivity contribution is 0.861. The van der Waals surface area contributed by atoms with Gasteiger partial charge in [-0.05, 0) is 42.0 Å². The second-order valence-electron chi connectivity index (χ2n) is 3.89. The van der Waals surface area contributed by atoms with Crippen LogP contribution in [0, 0.1) is 13.8 Å². The molecule has 1 atom stereocenters. The molecule has 0 spiro atoms. The van der Waals surface area contributed by atoms with Gasteiger partial charge in [-0.25, -0.2) is 0 Å². The molecular formula is C13H14BrNS. The van der Waals surface area contributed by atoms with Crippen molar-refractivity contribution < 1.29 is 0 Å². The van der Waals surface area contributed by atoms with Crippen LogP contribution in [-0.2, 0) is 0 Å². The van der Waals surface area contributed by atoms with E-state index in [9.17, 15) is 0 Å². The van der Waals surface area contributed by atoms with Crippen LogP contribution >= 0.6 is 27.3 Å². The zero-order valence-corrected chi connectivity index (χ0v) is 11.7. The van der Waals surface area contributed by atoms with Crippen molar-refractivity contribution in [3.63, 3.8) is 0 Å². The molecule has 1 unspecified atom stereocenters. The fourth-order valence-corrected chi connectivity index (χ4v) is 3.06. The fourth-order valence-electron chi connectivity index (χ4n) is 1.80. The van der Waals surface area contributed by atoms with Crippen LogP contribution in [0.15, 0.2) is 34.1 Å². The minimum atomic E-state index is -0.0412. The molecule has 1 heterocycles. The molecule has 0 saturated heterocycles. The topological polar surface area (TPSA) is 26.0 Å². The van der Waals surface area contributed by atoms with Crippen molar-refractivity contribution in [2.75, 3.05) is 0 Å². The van der Waals surface area contributed by atoms with E-state index >= 15 is 0 Å². The first-order valence-electron chi connectivity index (χ1n) is 5.16. The Morgan fingerprint density at radius 3 is 2.56 bits per heavy atom. The van der Waals surface area contributed by atoms with E-state index < -0.39 is 0 Å². The summed E-state index contributed by atoms with van der Waals surface area (Å²) in [6, 6.07) is 8.29. The molecule has 0 fully saturated rings. The minimum Gasteiger partial charge on any atom is -0.320 e. The van der Waals surface area contributed by atoms with Crippen LogP contribution in [-0.4, -0.2) is 0 Å². The van der Waals surface area contributed by atoms with Gasteiger partial charge in [-0.3, -0.25) is 0 Å². The van der Waals surface area contributed by atoms with Crippen LogP contribution in [0.3, 0.4) is 0 Å². The van der Waals surface area contributed by atoms with E-state index in [1.54, 1.807) is 11.3 Å². The summed E-state index contributed by atoms with van der Waals surface area (Å²) in [7, 11) is 0. The van der Waals surface area contributed by atoms with E-state index in [0.29, 0.717) is 0 Å². The summed E-state index contributed by atoms with van der Waals surface area (Å²) in [5, 5.41) is 2.09. The molecule has 0 aliphatic heterocycles. The molecule has 0 aliphatic carbocycles. The summed E-state index contributed by atoms with van der Waals surface area (Å²) < 4.78 is 1.12. The van der Waals surface area contributed by atoms with Gasteiger partial charge in [0.05, 0.1) is 6.04 Å². The first-order chi connectivity index (χ1) is 7.61. The summed E-state index contributed by atoms with van der Waals surface area (Å²) >= 11 is 5.36. The highest BCUT2D eigenvalue weighted by Gasteiger charge is 2.15. The fraction of sp³-hybridized carbons (Fsp3) is 0.231. The van der Waals surface area contributed by atoms with Gasteiger partial charge in [0.1, 0.15) is 0 Å². The number of rotatable bonds is 2. The molecule has 1 nitrogen and oxygen atoms in total. The predicted molar refractivity (Wildman–Crippen MR) is 74.0 cm³/mol. The summed E-state index contributed by atoms with van der Waals surface area (Å²) in [4.78, 5) is 1.29. The Morgan fingerprint density at radius 1 is 1.19 bits per heavy atom. The van der Waals surface area contributed by atoms with Crippen LogP contribution in [0.25, 0.3) is 0 Å². The van der Waals surface area contributed by atoms with Crippen LogP contribution in [0.1, 0.15) is 27.6 Å². The van der Waals surface area contributed by atoms with E-state index in [1.807, 2.05) is 0 Å². The molecule has 1 aromatic heterocycles. The van der Waals surface area contributed by atoms with E-state index in [-0.39, 0.29) is 6.04 Å². The van der Waals surface area contributed by atoms with Gasteiger partial charge in [0, 0.05) is 9.35 Å². The molecule has 2 aromatic rings. The molecule has 0 radical (unpaired) electrons. The number of nitrogens with two attached hydrogens (primary N) is 1. The number of halogens is 1. The second-order valence-corrected chi connectivity index (χ2v) is 5.80. The predicted octanol–water partition coefficient (Wildman–Crippen LogP) is 4.18. The Balaban J connectivity index is 2.46.